The maximum Gasteiger partial charge on any atom is 0.345 e. The Morgan fingerprint density at radius 3 is 2.60 bits per heavy atom. The Morgan fingerprint density at radius 2 is 2.40 bits per heavy atom. The Bertz CT molecular complexity index is 247. The van der Waals surface area contributed by atoms with Crippen LogP contribution in [0.3, 0.4) is 0 Å². The van der Waals surface area contributed by atoms with Gasteiger partial charge in [-0.05, 0) is 23.3 Å². The number of carboxylic acids is 1. The first-order valence-electron chi connectivity index (χ1n) is 2.70. The van der Waals surface area contributed by atoms with E-state index in [4.69, 9.17) is 13.0 Å². The van der Waals surface area contributed by atoms with Crippen LogP contribution in [0.15, 0.2) is 6.07 Å². The fourth-order valence-electron chi connectivity index (χ4n) is 0.602. The van der Waals surface area contributed by atoms with Crippen molar-refractivity contribution in [3.63, 3.8) is 0 Å². The van der Waals surface area contributed by atoms with Gasteiger partial charge in [0.15, 0.2) is 0 Å². The second-order valence-electron chi connectivity index (χ2n) is 1.96. The van der Waals surface area contributed by atoms with Gasteiger partial charge in [-0.15, -0.1) is 11.3 Å². The van der Waals surface area contributed by atoms with Crippen LogP contribution in [0.4, 0.5) is 0 Å². The van der Waals surface area contributed by atoms with E-state index in [0.29, 0.717) is 9.65 Å². The smallest absolute Gasteiger partial charge is 0.345 e. The number of thiophene rings is 1. The molecule has 1 aromatic heterocycles. The van der Waals surface area contributed by atoms with Crippen LogP contribution in [0, 0.1) is 6.92 Å². The number of carboxylic acid groups (broad SMARTS) is 1. The van der Waals surface area contributed by atoms with E-state index in [9.17, 15) is 4.79 Å². The highest BCUT2D eigenvalue weighted by Gasteiger charge is 2.06. The molecule has 0 spiro atoms. The van der Waals surface area contributed by atoms with Crippen LogP contribution in [0.5, 0.6) is 0 Å². The standard InChI is InChI=1S/C6H5BO2S/c1-3-2-4(6(8)9)10-5(3)7/h2H,1H3,(H,8,9). The average Bonchev–Trinajstić information content (AvgIpc) is 2.13. The van der Waals surface area contributed by atoms with Gasteiger partial charge in [0.25, 0.3) is 0 Å². The summed E-state index contributed by atoms with van der Waals surface area (Å²) in [6, 6.07) is 1.57. The van der Waals surface area contributed by atoms with E-state index < -0.39 is 5.97 Å². The summed E-state index contributed by atoms with van der Waals surface area (Å²) in [4.78, 5) is 10.6. The Hall–Kier alpha value is -0.765. The monoisotopic (exact) mass is 152 g/mol. The third kappa shape index (κ3) is 1.21. The number of hydrogen-bond acceptors (Lipinski definition) is 2. The molecular weight excluding hydrogens is 147 g/mol. The molecule has 1 aromatic rings. The molecule has 0 bridgehead atoms. The number of aromatic carboxylic acids is 1. The van der Waals surface area contributed by atoms with Gasteiger partial charge in [-0.3, -0.25) is 0 Å². The van der Waals surface area contributed by atoms with Gasteiger partial charge in [-0.25, -0.2) is 4.79 Å². The average molecular weight is 152 g/mol. The fraction of sp³-hybridized carbons (Fsp3) is 0.167. The number of hydrogen-bond donors (Lipinski definition) is 1. The Balaban J connectivity index is 3.10. The van der Waals surface area contributed by atoms with Crippen LogP contribution in [-0.2, 0) is 0 Å². The molecule has 0 aromatic carbocycles. The molecule has 0 unspecified atom stereocenters. The quantitative estimate of drug-likeness (QED) is 0.596. The van der Waals surface area contributed by atoms with Gasteiger partial charge in [0.1, 0.15) is 12.7 Å². The minimum absolute atomic E-state index is 0.301. The fourth-order valence-corrected chi connectivity index (χ4v) is 1.38. The van der Waals surface area contributed by atoms with E-state index in [-0.39, 0.29) is 0 Å². The first-order chi connectivity index (χ1) is 4.61. The Labute approximate surface area is 63.9 Å². The molecule has 2 nitrogen and oxygen atoms in total. The molecule has 0 aliphatic rings. The summed E-state index contributed by atoms with van der Waals surface area (Å²) in [7, 11) is 5.43. The third-order valence-electron chi connectivity index (χ3n) is 1.17. The van der Waals surface area contributed by atoms with Crippen LogP contribution >= 0.6 is 11.3 Å². The second kappa shape index (κ2) is 2.46. The van der Waals surface area contributed by atoms with Crippen molar-refractivity contribution in [1.82, 2.24) is 0 Å². The normalized spacial score (nSPS) is 9.70. The summed E-state index contributed by atoms with van der Waals surface area (Å²) < 4.78 is 0.581. The SMILES string of the molecule is [B]c1sc(C(=O)O)cc1C. The van der Waals surface area contributed by atoms with E-state index in [1.807, 2.05) is 0 Å². The van der Waals surface area contributed by atoms with Gasteiger partial charge in [-0.2, -0.15) is 0 Å². The molecular formula is C6H5BO2S. The van der Waals surface area contributed by atoms with Gasteiger partial charge in [0.2, 0.25) is 0 Å². The Morgan fingerprint density at radius 1 is 1.80 bits per heavy atom. The number of rotatable bonds is 1. The van der Waals surface area contributed by atoms with Gasteiger partial charge in [0.05, 0.1) is 0 Å². The summed E-state index contributed by atoms with van der Waals surface area (Å²) >= 11 is 1.10. The van der Waals surface area contributed by atoms with Crippen molar-refractivity contribution in [2.24, 2.45) is 0 Å². The lowest BCUT2D eigenvalue weighted by Crippen LogP contribution is -1.96. The van der Waals surface area contributed by atoms with Gasteiger partial charge in [0, 0.05) is 0 Å². The number of carbonyl (C=O) groups is 1. The molecule has 1 heterocycles. The van der Waals surface area contributed by atoms with E-state index >= 15 is 0 Å². The summed E-state index contributed by atoms with van der Waals surface area (Å²) in [5, 5.41) is 8.48. The lowest BCUT2D eigenvalue weighted by atomic mass is 10.0. The maximum atomic E-state index is 10.3. The molecule has 0 saturated carbocycles. The zero-order chi connectivity index (χ0) is 7.72. The van der Waals surface area contributed by atoms with Gasteiger partial charge >= 0.3 is 5.97 Å². The van der Waals surface area contributed by atoms with Crippen LogP contribution in [0.25, 0.3) is 0 Å². The van der Waals surface area contributed by atoms with Crippen LogP contribution in [0.2, 0.25) is 0 Å². The molecule has 4 heteroatoms. The van der Waals surface area contributed by atoms with Gasteiger partial charge < -0.3 is 5.11 Å². The maximum absolute atomic E-state index is 10.3. The summed E-state index contributed by atoms with van der Waals surface area (Å²) in [5.74, 6) is -0.912. The number of aryl methyl sites for hydroxylation is 1. The van der Waals surface area contributed by atoms with Crippen molar-refractivity contribution in [3.05, 3.63) is 16.5 Å². The van der Waals surface area contributed by atoms with Crippen molar-refractivity contribution in [1.29, 1.82) is 0 Å². The van der Waals surface area contributed by atoms with Crippen LogP contribution < -0.4 is 4.78 Å². The van der Waals surface area contributed by atoms with Crippen molar-refractivity contribution in [3.8, 4) is 0 Å². The van der Waals surface area contributed by atoms with Crippen LogP contribution in [-0.4, -0.2) is 18.9 Å². The Kier molecular flexibility index (Phi) is 1.81. The molecule has 10 heavy (non-hydrogen) atoms. The first-order valence-corrected chi connectivity index (χ1v) is 3.52. The van der Waals surface area contributed by atoms with E-state index in [1.165, 1.54) is 0 Å². The molecule has 0 aliphatic heterocycles. The van der Waals surface area contributed by atoms with Crippen molar-refractivity contribution < 1.29 is 9.90 Å². The molecule has 2 radical (unpaired) electrons. The molecule has 50 valence electrons. The first kappa shape index (κ1) is 7.34. The van der Waals surface area contributed by atoms with Crippen molar-refractivity contribution in [2.45, 2.75) is 6.92 Å². The predicted molar refractivity (Wildman–Crippen MR) is 41.4 cm³/mol. The zero-order valence-corrected chi connectivity index (χ0v) is 6.23. The molecule has 0 atom stereocenters. The second-order valence-corrected chi connectivity index (χ2v) is 3.05. The summed E-state index contributed by atoms with van der Waals surface area (Å²) in [5.41, 5.74) is 0.836. The minimum atomic E-state index is -0.912. The lowest BCUT2D eigenvalue weighted by Gasteiger charge is -1.80. The predicted octanol–water partition coefficient (Wildman–Crippen LogP) is 0.549. The molecule has 0 aliphatic carbocycles. The minimum Gasteiger partial charge on any atom is -0.477 e. The highest BCUT2D eigenvalue weighted by molar-refractivity contribution is 7.21. The van der Waals surface area contributed by atoms with E-state index in [1.54, 1.807) is 13.0 Å². The third-order valence-corrected chi connectivity index (χ3v) is 2.22. The topological polar surface area (TPSA) is 37.3 Å². The van der Waals surface area contributed by atoms with Crippen molar-refractivity contribution >= 4 is 29.9 Å². The van der Waals surface area contributed by atoms with Gasteiger partial charge in [-0.1, -0.05) is 0 Å². The van der Waals surface area contributed by atoms with E-state index in [2.05, 4.69) is 0 Å². The molecule has 0 saturated heterocycles. The molecule has 0 fully saturated rings. The van der Waals surface area contributed by atoms with Crippen molar-refractivity contribution in [2.75, 3.05) is 0 Å². The highest BCUT2D eigenvalue weighted by Crippen LogP contribution is 2.09. The highest BCUT2D eigenvalue weighted by atomic mass is 32.1. The summed E-state index contributed by atoms with van der Waals surface area (Å²) in [6.45, 7) is 1.79. The lowest BCUT2D eigenvalue weighted by molar-refractivity contribution is 0.0702. The van der Waals surface area contributed by atoms with Crippen LogP contribution in [0.1, 0.15) is 15.2 Å². The molecule has 1 rings (SSSR count). The molecule has 1 N–H and O–H groups in total. The summed E-state index contributed by atoms with van der Waals surface area (Å²) in [6.07, 6.45) is 0. The van der Waals surface area contributed by atoms with E-state index in [0.717, 1.165) is 16.9 Å². The molecule has 0 amide bonds. The largest absolute Gasteiger partial charge is 0.477 e. The zero-order valence-electron chi connectivity index (χ0n) is 5.42.